The summed E-state index contributed by atoms with van der Waals surface area (Å²) in [6.45, 7) is 0. The summed E-state index contributed by atoms with van der Waals surface area (Å²) in [5.74, 6) is 0. The van der Waals surface area contributed by atoms with Gasteiger partial charge >= 0.3 is 0 Å². The fourth-order valence-corrected chi connectivity index (χ4v) is 3.30. The van der Waals surface area contributed by atoms with Crippen molar-refractivity contribution in [2.24, 2.45) is 0 Å². The minimum atomic E-state index is -0.461. The Labute approximate surface area is 185 Å². The Morgan fingerprint density at radius 1 is 0.742 bits per heavy atom. The number of para-hydroxylation sites is 1. The molecule has 0 aliphatic rings. The zero-order valence-electron chi connectivity index (χ0n) is 16.7. The predicted octanol–water partition coefficient (Wildman–Crippen LogP) is 5.81. The van der Waals surface area contributed by atoms with Crippen molar-refractivity contribution in [3.8, 4) is 5.69 Å². The smallest absolute Gasteiger partial charge is 0.292 e. The summed E-state index contributed by atoms with van der Waals surface area (Å²) in [6, 6.07) is 27.2. The second kappa shape index (κ2) is 9.28. The van der Waals surface area contributed by atoms with Crippen LogP contribution in [0.15, 0.2) is 89.7 Å². The lowest BCUT2D eigenvalue weighted by Gasteiger charge is -2.12. The van der Waals surface area contributed by atoms with Crippen LogP contribution in [0, 0.1) is 0 Å². The molecule has 0 radical (unpaired) electrons. The van der Waals surface area contributed by atoms with Crippen molar-refractivity contribution in [1.29, 1.82) is 0 Å². The van der Waals surface area contributed by atoms with Crippen molar-refractivity contribution in [2.45, 2.75) is 0 Å². The fourth-order valence-electron chi connectivity index (χ4n) is 3.12. The maximum absolute atomic E-state index is 12.9. The van der Waals surface area contributed by atoms with Crippen molar-refractivity contribution < 1.29 is 0 Å². The molecular formula is C26H20ClN3O. The number of nitrogens with zero attached hydrogens (tertiary/aromatic N) is 2. The third-order valence-corrected chi connectivity index (χ3v) is 5.12. The number of benzene rings is 3. The van der Waals surface area contributed by atoms with Gasteiger partial charge in [0, 0.05) is 5.56 Å². The topological polar surface area (TPSA) is 60.9 Å². The first-order valence-corrected chi connectivity index (χ1v) is 10.2. The van der Waals surface area contributed by atoms with Gasteiger partial charge in [-0.2, -0.15) is 9.78 Å². The Kier molecular flexibility index (Phi) is 6.11. The molecule has 0 saturated heterocycles. The Morgan fingerprint density at radius 3 is 1.94 bits per heavy atom. The van der Waals surface area contributed by atoms with Gasteiger partial charge in [-0.25, -0.2) is 0 Å². The van der Waals surface area contributed by atoms with E-state index in [4.69, 9.17) is 17.3 Å². The van der Waals surface area contributed by atoms with E-state index in [1.165, 1.54) is 4.68 Å². The van der Waals surface area contributed by atoms with E-state index in [1.807, 2.05) is 103 Å². The maximum Gasteiger partial charge on any atom is 0.292 e. The van der Waals surface area contributed by atoms with Crippen LogP contribution in [-0.2, 0) is 0 Å². The van der Waals surface area contributed by atoms with E-state index < -0.39 is 5.56 Å². The molecule has 5 heteroatoms. The third kappa shape index (κ3) is 4.65. The molecule has 0 aliphatic carbocycles. The van der Waals surface area contributed by atoms with E-state index in [2.05, 4.69) is 5.10 Å². The normalized spacial score (nSPS) is 11.4. The fraction of sp³-hybridized carbons (Fsp3) is 0. The predicted molar refractivity (Wildman–Crippen MR) is 130 cm³/mol. The average Bonchev–Trinajstić information content (AvgIpc) is 2.82. The summed E-state index contributed by atoms with van der Waals surface area (Å²) in [6.07, 6.45) is 7.57. The molecule has 0 saturated carbocycles. The minimum absolute atomic E-state index is 0.0513. The molecule has 2 N–H and O–H groups in total. The van der Waals surface area contributed by atoms with Crippen LogP contribution in [0.1, 0.15) is 22.4 Å². The molecule has 0 aliphatic heterocycles. The summed E-state index contributed by atoms with van der Waals surface area (Å²) < 4.78 is 1.30. The highest BCUT2D eigenvalue weighted by Crippen LogP contribution is 2.22. The van der Waals surface area contributed by atoms with Crippen LogP contribution in [0.4, 0.5) is 5.69 Å². The lowest BCUT2D eigenvalue weighted by Crippen LogP contribution is -2.24. The van der Waals surface area contributed by atoms with Crippen LogP contribution in [0.5, 0.6) is 0 Å². The monoisotopic (exact) mass is 425 g/mol. The first-order chi connectivity index (χ1) is 15.1. The summed E-state index contributed by atoms with van der Waals surface area (Å²) >= 11 is 6.29. The molecule has 4 rings (SSSR count). The second-order valence-corrected chi connectivity index (χ2v) is 7.25. The molecule has 31 heavy (non-hydrogen) atoms. The number of halogens is 1. The number of aromatic nitrogens is 2. The third-order valence-electron chi connectivity index (χ3n) is 4.75. The largest absolute Gasteiger partial charge is 0.396 e. The van der Waals surface area contributed by atoms with Gasteiger partial charge in [0.15, 0.2) is 0 Å². The average molecular weight is 426 g/mol. The van der Waals surface area contributed by atoms with Crippen LogP contribution in [0.25, 0.3) is 30.0 Å². The van der Waals surface area contributed by atoms with Crippen molar-refractivity contribution in [3.05, 3.63) is 123 Å². The molecule has 4 aromatic rings. The lowest BCUT2D eigenvalue weighted by atomic mass is 10.1. The molecule has 152 valence electrons. The summed E-state index contributed by atoms with van der Waals surface area (Å²) in [7, 11) is 0. The van der Waals surface area contributed by atoms with Crippen LogP contribution >= 0.6 is 11.6 Å². The number of hydrogen-bond donors (Lipinski definition) is 1. The number of anilines is 1. The van der Waals surface area contributed by atoms with Gasteiger partial charge in [0.2, 0.25) is 0 Å². The van der Waals surface area contributed by atoms with Crippen molar-refractivity contribution in [3.63, 3.8) is 0 Å². The molecule has 0 amide bonds. The highest BCUT2D eigenvalue weighted by Gasteiger charge is 2.14. The van der Waals surface area contributed by atoms with E-state index in [-0.39, 0.29) is 10.7 Å². The molecule has 1 heterocycles. The van der Waals surface area contributed by atoms with Gasteiger partial charge in [-0.3, -0.25) is 4.79 Å². The van der Waals surface area contributed by atoms with Gasteiger partial charge in [0.1, 0.15) is 10.7 Å². The molecule has 4 nitrogen and oxygen atoms in total. The molecule has 0 bridgehead atoms. The number of nitrogens with two attached hydrogens (primary N) is 1. The van der Waals surface area contributed by atoms with Crippen LogP contribution in [0.3, 0.4) is 0 Å². The van der Waals surface area contributed by atoms with Crippen molar-refractivity contribution in [2.75, 3.05) is 5.73 Å². The molecule has 0 unspecified atom stereocenters. The standard InChI is InChI=1S/C26H20ClN3O/c27-24-25(28)22(18-16-20-11-5-2-6-12-20)29-30(26(24)31)23-14-8-7-13-21(23)17-15-19-9-3-1-4-10-19/h1-18H,28H2/b17-15+,18-16+. The molecule has 3 aromatic carbocycles. The van der Waals surface area contributed by atoms with Gasteiger partial charge in [0.25, 0.3) is 5.56 Å². The van der Waals surface area contributed by atoms with E-state index >= 15 is 0 Å². The van der Waals surface area contributed by atoms with Crippen molar-refractivity contribution in [1.82, 2.24) is 9.78 Å². The van der Waals surface area contributed by atoms with E-state index in [0.29, 0.717) is 11.4 Å². The Bertz CT molecular complexity index is 1310. The number of hydrogen-bond acceptors (Lipinski definition) is 3. The first-order valence-electron chi connectivity index (χ1n) is 9.77. The number of rotatable bonds is 5. The Hall–Kier alpha value is -3.89. The highest BCUT2D eigenvalue weighted by atomic mass is 35.5. The minimum Gasteiger partial charge on any atom is -0.396 e. The molecule has 0 spiro atoms. The van der Waals surface area contributed by atoms with Crippen LogP contribution < -0.4 is 11.3 Å². The van der Waals surface area contributed by atoms with Gasteiger partial charge < -0.3 is 5.73 Å². The van der Waals surface area contributed by atoms with Crippen LogP contribution in [-0.4, -0.2) is 9.78 Å². The van der Waals surface area contributed by atoms with Crippen molar-refractivity contribution >= 4 is 41.6 Å². The van der Waals surface area contributed by atoms with Gasteiger partial charge in [-0.15, -0.1) is 0 Å². The maximum atomic E-state index is 12.9. The Morgan fingerprint density at radius 2 is 1.29 bits per heavy atom. The first kappa shape index (κ1) is 20.4. The van der Waals surface area contributed by atoms with Crippen LogP contribution in [0.2, 0.25) is 5.02 Å². The highest BCUT2D eigenvalue weighted by molar-refractivity contribution is 6.33. The van der Waals surface area contributed by atoms with E-state index in [1.54, 1.807) is 6.08 Å². The molecule has 0 atom stereocenters. The number of nitrogen functional groups attached to an aromatic ring is 1. The molecule has 0 fully saturated rings. The quantitative estimate of drug-likeness (QED) is 0.410. The summed E-state index contributed by atoms with van der Waals surface area (Å²) in [5, 5.41) is 4.46. The lowest BCUT2D eigenvalue weighted by molar-refractivity contribution is 0.802. The van der Waals surface area contributed by atoms with Gasteiger partial charge in [-0.05, 0) is 23.3 Å². The molecule has 1 aromatic heterocycles. The van der Waals surface area contributed by atoms with E-state index in [0.717, 1.165) is 16.7 Å². The zero-order valence-corrected chi connectivity index (χ0v) is 17.4. The molecular weight excluding hydrogens is 406 g/mol. The van der Waals surface area contributed by atoms with Gasteiger partial charge in [-0.1, -0.05) is 109 Å². The Balaban J connectivity index is 1.78. The van der Waals surface area contributed by atoms with Gasteiger partial charge in [0.05, 0.1) is 11.4 Å². The SMILES string of the molecule is Nc1c(/C=C/c2ccccc2)nn(-c2ccccc2/C=C/c2ccccc2)c(=O)c1Cl. The second-order valence-electron chi connectivity index (χ2n) is 6.88. The zero-order chi connectivity index (χ0) is 21.6. The summed E-state index contributed by atoms with van der Waals surface area (Å²) in [4.78, 5) is 12.9. The summed E-state index contributed by atoms with van der Waals surface area (Å²) in [5.41, 5.74) is 9.72. The van der Waals surface area contributed by atoms with E-state index in [9.17, 15) is 4.79 Å².